The summed E-state index contributed by atoms with van der Waals surface area (Å²) in [7, 11) is 1.52. The highest BCUT2D eigenvalue weighted by Crippen LogP contribution is 2.34. The molecule has 29 heavy (non-hydrogen) atoms. The van der Waals surface area contributed by atoms with Gasteiger partial charge in [0.1, 0.15) is 6.61 Å². The van der Waals surface area contributed by atoms with Crippen molar-refractivity contribution in [1.82, 2.24) is 4.90 Å². The van der Waals surface area contributed by atoms with Gasteiger partial charge in [-0.3, -0.25) is 19.3 Å². The number of rotatable bonds is 8. The van der Waals surface area contributed by atoms with Crippen LogP contribution in [0.1, 0.15) is 15.9 Å². The van der Waals surface area contributed by atoms with Crippen LogP contribution in [0.2, 0.25) is 0 Å². The first-order chi connectivity index (χ1) is 14.0. The zero-order chi connectivity index (χ0) is 20.8. The zero-order valence-corrected chi connectivity index (χ0v) is 16.6. The smallest absolute Gasteiger partial charge is 0.293 e. The zero-order valence-electron chi connectivity index (χ0n) is 15.8. The number of ether oxygens (including phenoxy) is 2. The number of carbonyl (C=O) groups is 3. The highest BCUT2D eigenvalue weighted by atomic mass is 32.2. The third-order valence-corrected chi connectivity index (χ3v) is 5.02. The van der Waals surface area contributed by atoms with E-state index in [0.29, 0.717) is 29.2 Å². The van der Waals surface area contributed by atoms with Gasteiger partial charge < -0.3 is 9.47 Å². The van der Waals surface area contributed by atoms with Crippen LogP contribution in [0.4, 0.5) is 4.79 Å². The Labute approximate surface area is 172 Å². The molecule has 2 aromatic rings. The minimum absolute atomic E-state index is 0.248. The molecule has 0 aliphatic carbocycles. The van der Waals surface area contributed by atoms with Crippen molar-refractivity contribution in [3.05, 3.63) is 77.2 Å². The Kier molecular flexibility index (Phi) is 6.51. The molecule has 0 radical (unpaired) electrons. The topological polar surface area (TPSA) is 72.9 Å². The number of benzene rings is 2. The summed E-state index contributed by atoms with van der Waals surface area (Å²) in [6.07, 6.45) is 3.22. The Morgan fingerprint density at radius 3 is 2.59 bits per heavy atom. The van der Waals surface area contributed by atoms with Crippen molar-refractivity contribution >= 4 is 34.8 Å². The predicted molar refractivity (Wildman–Crippen MR) is 112 cm³/mol. The van der Waals surface area contributed by atoms with Crippen LogP contribution in [0.15, 0.2) is 66.1 Å². The molecule has 148 valence electrons. The van der Waals surface area contributed by atoms with Gasteiger partial charge in [0.25, 0.3) is 11.1 Å². The maximum Gasteiger partial charge on any atom is 0.293 e. The lowest BCUT2D eigenvalue weighted by atomic mass is 10.1. The Morgan fingerprint density at radius 1 is 1.14 bits per heavy atom. The second-order valence-corrected chi connectivity index (χ2v) is 7.06. The van der Waals surface area contributed by atoms with Crippen LogP contribution in [0.5, 0.6) is 11.5 Å². The van der Waals surface area contributed by atoms with E-state index >= 15 is 0 Å². The van der Waals surface area contributed by atoms with Crippen LogP contribution in [0, 0.1) is 0 Å². The van der Waals surface area contributed by atoms with Crippen molar-refractivity contribution in [2.75, 3.05) is 20.3 Å². The van der Waals surface area contributed by atoms with E-state index in [9.17, 15) is 14.4 Å². The van der Waals surface area contributed by atoms with Gasteiger partial charge in [-0.1, -0.05) is 49.1 Å². The largest absolute Gasteiger partial charge is 0.493 e. The average Bonchev–Trinajstić information content (AvgIpc) is 3.00. The first kappa shape index (κ1) is 20.4. The summed E-state index contributed by atoms with van der Waals surface area (Å²) in [5.74, 6) is 0.264. The summed E-state index contributed by atoms with van der Waals surface area (Å²) >= 11 is 0.806. The number of Topliss-reactive ketones (excluding diaryl/α,β-unsaturated/α-hetero) is 1. The molecule has 2 amide bonds. The fraction of sp³-hybridized carbons (Fsp3) is 0.136. The highest BCUT2D eigenvalue weighted by molar-refractivity contribution is 8.18. The molecule has 0 aromatic heterocycles. The molecule has 0 saturated carbocycles. The summed E-state index contributed by atoms with van der Waals surface area (Å²) in [5.41, 5.74) is 1.13. The summed E-state index contributed by atoms with van der Waals surface area (Å²) < 4.78 is 10.8. The number of thioether (sulfide) groups is 1. The molecule has 0 bridgehead atoms. The molecule has 0 atom stereocenters. The molecule has 6 nitrogen and oxygen atoms in total. The molecule has 3 rings (SSSR count). The third-order valence-electron chi connectivity index (χ3n) is 4.11. The summed E-state index contributed by atoms with van der Waals surface area (Å²) in [4.78, 5) is 38.5. The predicted octanol–water partition coefficient (Wildman–Crippen LogP) is 4.18. The van der Waals surface area contributed by atoms with Crippen LogP contribution in [0.25, 0.3) is 6.08 Å². The third kappa shape index (κ3) is 4.75. The summed E-state index contributed by atoms with van der Waals surface area (Å²) in [5, 5.41) is -0.469. The molecule has 1 aliphatic rings. The van der Waals surface area contributed by atoms with E-state index in [1.807, 2.05) is 0 Å². The van der Waals surface area contributed by atoms with E-state index in [1.165, 1.54) is 7.11 Å². The lowest BCUT2D eigenvalue weighted by molar-refractivity contribution is -0.122. The van der Waals surface area contributed by atoms with Gasteiger partial charge in [0, 0.05) is 5.56 Å². The first-order valence-electron chi connectivity index (χ1n) is 8.79. The number of ketones is 1. The molecular weight excluding hydrogens is 390 g/mol. The maximum atomic E-state index is 12.6. The fourth-order valence-electron chi connectivity index (χ4n) is 2.69. The number of nitrogens with zero attached hydrogens (tertiary/aromatic N) is 1. The van der Waals surface area contributed by atoms with Gasteiger partial charge in [0.15, 0.2) is 17.3 Å². The molecule has 1 saturated heterocycles. The first-order valence-corrected chi connectivity index (χ1v) is 9.60. The molecular formula is C22H19NO5S. The van der Waals surface area contributed by atoms with Gasteiger partial charge in [-0.2, -0.15) is 0 Å². The van der Waals surface area contributed by atoms with Crippen molar-refractivity contribution < 1.29 is 23.9 Å². The van der Waals surface area contributed by atoms with Crippen LogP contribution >= 0.6 is 11.8 Å². The van der Waals surface area contributed by atoms with E-state index < -0.39 is 11.1 Å². The van der Waals surface area contributed by atoms with Crippen LogP contribution in [-0.4, -0.2) is 42.1 Å². The van der Waals surface area contributed by atoms with Crippen LogP contribution < -0.4 is 9.47 Å². The molecule has 1 heterocycles. The monoisotopic (exact) mass is 409 g/mol. The van der Waals surface area contributed by atoms with Gasteiger partial charge in [-0.05, 0) is 35.5 Å². The number of imide groups is 1. The van der Waals surface area contributed by atoms with Crippen molar-refractivity contribution in [1.29, 1.82) is 0 Å². The van der Waals surface area contributed by atoms with E-state index in [0.717, 1.165) is 16.7 Å². The molecule has 0 unspecified atom stereocenters. The fourth-order valence-corrected chi connectivity index (χ4v) is 3.53. The van der Waals surface area contributed by atoms with E-state index in [-0.39, 0.29) is 17.2 Å². The second kappa shape index (κ2) is 9.25. The number of hydrogen-bond donors (Lipinski definition) is 0. The van der Waals surface area contributed by atoms with Crippen molar-refractivity contribution in [3.63, 3.8) is 0 Å². The molecule has 1 fully saturated rings. The minimum atomic E-state index is -0.491. The van der Waals surface area contributed by atoms with E-state index in [4.69, 9.17) is 9.47 Å². The van der Waals surface area contributed by atoms with E-state index in [2.05, 4.69) is 6.58 Å². The standard InChI is InChI=1S/C22H19NO5S/c1-3-11-28-18-10-9-15(12-19(18)27-2)13-20-21(25)23(22(26)29-20)14-17(24)16-7-5-4-6-8-16/h3-10,12-13H,1,11,14H2,2H3/b20-13+. The molecule has 2 aromatic carbocycles. The van der Waals surface area contributed by atoms with E-state index in [1.54, 1.807) is 60.7 Å². The maximum absolute atomic E-state index is 12.6. The number of hydrogen-bond acceptors (Lipinski definition) is 6. The Hall–Kier alpha value is -3.32. The number of methoxy groups -OCH3 is 1. The second-order valence-electron chi connectivity index (χ2n) is 6.07. The molecule has 0 spiro atoms. The normalized spacial score (nSPS) is 14.9. The summed E-state index contributed by atoms with van der Waals surface area (Å²) in [6, 6.07) is 13.7. The van der Waals surface area contributed by atoms with Gasteiger partial charge in [0.2, 0.25) is 0 Å². The minimum Gasteiger partial charge on any atom is -0.493 e. The SMILES string of the molecule is C=CCOc1ccc(/C=C2/SC(=O)N(CC(=O)c3ccccc3)C2=O)cc1OC. The Bertz CT molecular complexity index is 984. The van der Waals surface area contributed by atoms with Gasteiger partial charge in [-0.25, -0.2) is 0 Å². The van der Waals surface area contributed by atoms with Crippen molar-refractivity contribution in [2.45, 2.75) is 0 Å². The van der Waals surface area contributed by atoms with Crippen LogP contribution in [-0.2, 0) is 4.79 Å². The lowest BCUT2D eigenvalue weighted by Gasteiger charge is -2.11. The van der Waals surface area contributed by atoms with Gasteiger partial charge >= 0.3 is 0 Å². The quantitative estimate of drug-likeness (QED) is 0.370. The molecule has 0 N–H and O–H groups in total. The number of amides is 2. The van der Waals surface area contributed by atoms with Crippen LogP contribution in [0.3, 0.4) is 0 Å². The molecule has 7 heteroatoms. The lowest BCUT2D eigenvalue weighted by Crippen LogP contribution is -2.33. The highest BCUT2D eigenvalue weighted by Gasteiger charge is 2.36. The van der Waals surface area contributed by atoms with Crippen molar-refractivity contribution in [2.24, 2.45) is 0 Å². The van der Waals surface area contributed by atoms with Gasteiger partial charge in [0.05, 0.1) is 18.6 Å². The molecule has 1 aliphatic heterocycles. The Balaban J connectivity index is 1.77. The summed E-state index contributed by atoms with van der Waals surface area (Å²) in [6.45, 7) is 3.65. The van der Waals surface area contributed by atoms with Gasteiger partial charge in [-0.15, -0.1) is 0 Å². The Morgan fingerprint density at radius 2 is 1.90 bits per heavy atom. The van der Waals surface area contributed by atoms with Crippen molar-refractivity contribution in [3.8, 4) is 11.5 Å². The average molecular weight is 409 g/mol. The number of carbonyl (C=O) groups excluding carboxylic acids is 3.